The molecule has 0 unspecified atom stereocenters. The van der Waals surface area contributed by atoms with E-state index in [9.17, 15) is 14.4 Å². The Kier molecular flexibility index (Phi) is 4.22. The van der Waals surface area contributed by atoms with Gasteiger partial charge in [0.1, 0.15) is 0 Å². The fraction of sp³-hybridized carbons (Fsp3) is 0.500. The molecule has 1 N–H and O–H groups in total. The maximum Gasteiger partial charge on any atom is 0.250 e. The first-order chi connectivity index (χ1) is 9.51. The zero-order valence-corrected chi connectivity index (χ0v) is 11.8. The largest absolute Gasteiger partial charge is 0.346 e. The summed E-state index contributed by atoms with van der Waals surface area (Å²) in [6.07, 6.45) is 2.54. The van der Waals surface area contributed by atoms with Crippen LogP contribution >= 0.6 is 0 Å². The van der Waals surface area contributed by atoms with Gasteiger partial charge < -0.3 is 14.8 Å². The third-order valence-electron chi connectivity index (χ3n) is 3.62. The Hall–Kier alpha value is -2.11. The lowest BCUT2D eigenvalue weighted by molar-refractivity contribution is -0.137. The van der Waals surface area contributed by atoms with Crippen LogP contribution in [-0.4, -0.2) is 34.9 Å². The predicted molar refractivity (Wildman–Crippen MR) is 75.4 cm³/mol. The minimum Gasteiger partial charge on any atom is -0.346 e. The Bertz CT molecular complexity index is 579. The highest BCUT2D eigenvalue weighted by atomic mass is 16.2. The van der Waals surface area contributed by atoms with Gasteiger partial charge in [0.05, 0.1) is 5.69 Å². The number of anilines is 1. The number of nitrogens with one attached hydrogen (secondary N) is 1. The molecule has 1 aliphatic rings. The maximum absolute atomic E-state index is 12.1. The van der Waals surface area contributed by atoms with Gasteiger partial charge in [0.2, 0.25) is 11.8 Å². The van der Waals surface area contributed by atoms with E-state index in [0.717, 1.165) is 0 Å². The molecule has 6 heteroatoms. The summed E-state index contributed by atoms with van der Waals surface area (Å²) in [6.45, 7) is 3.02. The van der Waals surface area contributed by atoms with Crippen LogP contribution < -0.4 is 10.9 Å². The number of likely N-dealkylation sites (tertiary alicyclic amines) is 1. The molecule has 1 aromatic rings. The average molecular weight is 277 g/mol. The number of carbonyl (C=O) groups excluding carboxylic acids is 2. The first-order valence-corrected chi connectivity index (χ1v) is 6.76. The smallest absolute Gasteiger partial charge is 0.250 e. The molecule has 1 fully saturated rings. The third-order valence-corrected chi connectivity index (χ3v) is 3.62. The lowest BCUT2D eigenvalue weighted by Gasteiger charge is -2.27. The lowest BCUT2D eigenvalue weighted by atomic mass is 9.95. The van der Waals surface area contributed by atoms with Crippen molar-refractivity contribution >= 4 is 17.5 Å². The van der Waals surface area contributed by atoms with E-state index in [0.29, 0.717) is 25.2 Å². The van der Waals surface area contributed by atoms with Crippen LogP contribution in [0.1, 0.15) is 19.8 Å². The SMILES string of the molecule is CCn1cc(NC(=O)[C@@H]2CCN(C)C(=O)C2)ccc1=O. The molecule has 2 amide bonds. The van der Waals surface area contributed by atoms with Crippen LogP contribution in [0.2, 0.25) is 0 Å². The summed E-state index contributed by atoms with van der Waals surface area (Å²) in [5.74, 6) is -0.455. The van der Waals surface area contributed by atoms with E-state index in [4.69, 9.17) is 0 Å². The van der Waals surface area contributed by atoms with Crippen molar-refractivity contribution in [3.8, 4) is 0 Å². The van der Waals surface area contributed by atoms with Gasteiger partial charge in [-0.3, -0.25) is 14.4 Å². The lowest BCUT2D eigenvalue weighted by Crippen LogP contribution is -2.40. The molecule has 2 heterocycles. The molecule has 1 saturated heterocycles. The maximum atomic E-state index is 12.1. The van der Waals surface area contributed by atoms with E-state index in [1.54, 1.807) is 24.2 Å². The van der Waals surface area contributed by atoms with E-state index < -0.39 is 0 Å². The molecule has 6 nitrogen and oxygen atoms in total. The van der Waals surface area contributed by atoms with Crippen LogP contribution in [0, 0.1) is 5.92 Å². The molecule has 20 heavy (non-hydrogen) atoms. The molecule has 0 bridgehead atoms. The van der Waals surface area contributed by atoms with Gasteiger partial charge >= 0.3 is 0 Å². The second-order valence-electron chi connectivity index (χ2n) is 5.04. The van der Waals surface area contributed by atoms with E-state index in [2.05, 4.69) is 5.32 Å². The Balaban J connectivity index is 2.05. The van der Waals surface area contributed by atoms with Crippen molar-refractivity contribution < 1.29 is 9.59 Å². The second kappa shape index (κ2) is 5.90. The van der Waals surface area contributed by atoms with Gasteiger partial charge in [0, 0.05) is 44.7 Å². The van der Waals surface area contributed by atoms with Crippen molar-refractivity contribution in [3.63, 3.8) is 0 Å². The zero-order chi connectivity index (χ0) is 14.7. The molecule has 2 rings (SSSR count). The normalized spacial score (nSPS) is 19.0. The van der Waals surface area contributed by atoms with E-state index in [-0.39, 0.29) is 29.7 Å². The standard InChI is InChI=1S/C14H19N3O3/c1-3-17-9-11(4-5-12(17)18)15-14(20)10-6-7-16(2)13(19)8-10/h4-5,9-10H,3,6-8H2,1-2H3,(H,15,20)/t10-/m1/s1. The van der Waals surface area contributed by atoms with Gasteiger partial charge in [0.15, 0.2) is 0 Å². The van der Waals surface area contributed by atoms with Crippen LogP contribution in [0.25, 0.3) is 0 Å². The summed E-state index contributed by atoms with van der Waals surface area (Å²) in [5, 5.41) is 2.78. The number of pyridine rings is 1. The summed E-state index contributed by atoms with van der Waals surface area (Å²) in [6, 6.07) is 3.02. The number of aryl methyl sites for hydroxylation is 1. The molecule has 0 aliphatic carbocycles. The first kappa shape index (κ1) is 14.3. The van der Waals surface area contributed by atoms with Gasteiger partial charge in [-0.15, -0.1) is 0 Å². The molecule has 1 aliphatic heterocycles. The Labute approximate surface area is 117 Å². The predicted octanol–water partition coefficient (Wildman–Crippen LogP) is 0.675. The number of aromatic nitrogens is 1. The molecular formula is C14H19N3O3. The number of hydrogen-bond acceptors (Lipinski definition) is 3. The topological polar surface area (TPSA) is 71.4 Å². The van der Waals surface area contributed by atoms with Crippen molar-refractivity contribution in [2.24, 2.45) is 5.92 Å². The number of piperidine rings is 1. The van der Waals surface area contributed by atoms with Crippen LogP contribution in [0.5, 0.6) is 0 Å². The monoisotopic (exact) mass is 277 g/mol. The van der Waals surface area contributed by atoms with Crippen LogP contribution in [0.3, 0.4) is 0 Å². The molecular weight excluding hydrogens is 258 g/mol. The van der Waals surface area contributed by atoms with Crippen molar-refractivity contribution in [3.05, 3.63) is 28.7 Å². The highest BCUT2D eigenvalue weighted by Crippen LogP contribution is 2.19. The summed E-state index contributed by atoms with van der Waals surface area (Å²) < 4.78 is 1.52. The van der Waals surface area contributed by atoms with Gasteiger partial charge in [-0.1, -0.05) is 0 Å². The summed E-state index contributed by atoms with van der Waals surface area (Å²) in [4.78, 5) is 36.9. The van der Waals surface area contributed by atoms with Gasteiger partial charge in [-0.05, 0) is 19.4 Å². The summed E-state index contributed by atoms with van der Waals surface area (Å²) in [7, 11) is 1.74. The molecule has 0 radical (unpaired) electrons. The first-order valence-electron chi connectivity index (χ1n) is 6.76. The number of hydrogen-bond donors (Lipinski definition) is 1. The Morgan fingerprint density at radius 1 is 1.40 bits per heavy atom. The van der Waals surface area contributed by atoms with Crippen molar-refractivity contribution in [1.82, 2.24) is 9.47 Å². The summed E-state index contributed by atoms with van der Waals surface area (Å²) >= 11 is 0. The quantitative estimate of drug-likeness (QED) is 0.883. The number of nitrogens with zero attached hydrogens (tertiary/aromatic N) is 2. The molecule has 1 aromatic heterocycles. The summed E-state index contributed by atoms with van der Waals surface area (Å²) in [5.41, 5.74) is 0.489. The fourth-order valence-corrected chi connectivity index (χ4v) is 2.26. The van der Waals surface area contributed by atoms with E-state index in [1.807, 2.05) is 6.92 Å². The van der Waals surface area contributed by atoms with E-state index >= 15 is 0 Å². The minimum absolute atomic E-state index is 0.00470. The number of amides is 2. The molecule has 0 saturated carbocycles. The number of rotatable bonds is 3. The zero-order valence-electron chi connectivity index (χ0n) is 11.8. The Morgan fingerprint density at radius 2 is 2.15 bits per heavy atom. The Morgan fingerprint density at radius 3 is 2.80 bits per heavy atom. The fourth-order valence-electron chi connectivity index (χ4n) is 2.26. The minimum atomic E-state index is -0.291. The average Bonchev–Trinajstić information content (AvgIpc) is 2.43. The van der Waals surface area contributed by atoms with Crippen LogP contribution in [-0.2, 0) is 16.1 Å². The highest BCUT2D eigenvalue weighted by molar-refractivity contribution is 5.95. The molecule has 1 atom stereocenters. The van der Waals surface area contributed by atoms with Crippen LogP contribution in [0.15, 0.2) is 23.1 Å². The molecule has 0 spiro atoms. The third kappa shape index (κ3) is 3.07. The second-order valence-corrected chi connectivity index (χ2v) is 5.04. The van der Waals surface area contributed by atoms with Gasteiger partial charge in [-0.25, -0.2) is 0 Å². The van der Waals surface area contributed by atoms with Crippen LogP contribution in [0.4, 0.5) is 5.69 Å². The molecule has 108 valence electrons. The van der Waals surface area contributed by atoms with Crippen molar-refractivity contribution in [2.75, 3.05) is 18.9 Å². The van der Waals surface area contributed by atoms with Crippen molar-refractivity contribution in [1.29, 1.82) is 0 Å². The van der Waals surface area contributed by atoms with Crippen molar-refractivity contribution in [2.45, 2.75) is 26.3 Å². The van der Waals surface area contributed by atoms with Gasteiger partial charge in [0.25, 0.3) is 5.56 Å². The van der Waals surface area contributed by atoms with E-state index in [1.165, 1.54) is 10.6 Å². The highest BCUT2D eigenvalue weighted by Gasteiger charge is 2.28. The number of carbonyl (C=O) groups is 2. The van der Waals surface area contributed by atoms with Gasteiger partial charge in [-0.2, -0.15) is 0 Å². The molecule has 0 aromatic carbocycles.